The molecular formula is C20H36N3O10. The second-order valence-corrected chi connectivity index (χ2v) is 8.32. The van der Waals surface area contributed by atoms with Gasteiger partial charge in [-0.25, -0.2) is 0 Å². The Kier molecular flexibility index (Phi) is 16.1. The van der Waals surface area contributed by atoms with Gasteiger partial charge in [-0.05, 0) is 19.3 Å². The highest BCUT2D eigenvalue weighted by atomic mass is 16.6. The second kappa shape index (κ2) is 17.3. The molecule has 13 nitrogen and oxygen atoms in total. The van der Waals surface area contributed by atoms with Crippen LogP contribution in [0.1, 0.15) is 84.0 Å². The van der Waals surface area contributed by atoms with E-state index in [1.807, 2.05) is 6.92 Å². The van der Waals surface area contributed by atoms with Gasteiger partial charge in [0.1, 0.15) is 18.3 Å². The van der Waals surface area contributed by atoms with Crippen LogP contribution in [-0.4, -0.2) is 72.8 Å². The van der Waals surface area contributed by atoms with Gasteiger partial charge in [0.05, 0.1) is 12.8 Å². The monoisotopic (exact) mass is 478 g/mol. The molecule has 0 saturated heterocycles. The van der Waals surface area contributed by atoms with Gasteiger partial charge < -0.3 is 15.3 Å². The lowest BCUT2D eigenvalue weighted by Crippen LogP contribution is -2.46. The Hall–Kier alpha value is -2.25. The summed E-state index contributed by atoms with van der Waals surface area (Å²) < 4.78 is 0. The molecule has 6 atom stereocenters. The van der Waals surface area contributed by atoms with Crippen molar-refractivity contribution in [2.45, 2.75) is 120 Å². The van der Waals surface area contributed by atoms with Crippen LogP contribution in [0.5, 0.6) is 0 Å². The summed E-state index contributed by atoms with van der Waals surface area (Å²) in [6.45, 7) is 1.92. The number of hydrogen-bond donors (Lipinski definition) is 3. The predicted molar refractivity (Wildman–Crippen MR) is 117 cm³/mol. The molecule has 0 rings (SSSR count). The molecule has 0 bridgehead atoms. The van der Waals surface area contributed by atoms with Crippen LogP contribution in [0.4, 0.5) is 0 Å². The average molecular weight is 479 g/mol. The first-order valence-corrected chi connectivity index (χ1v) is 11.4. The minimum Gasteiger partial charge on any atom is -0.386 e. The Labute approximate surface area is 192 Å². The molecule has 0 saturated carbocycles. The Bertz CT molecular complexity index is 607. The number of rotatable bonds is 21. The largest absolute Gasteiger partial charge is 0.386 e. The van der Waals surface area contributed by atoms with Crippen molar-refractivity contribution in [2.75, 3.05) is 0 Å². The molecule has 0 amide bonds. The highest BCUT2D eigenvalue weighted by molar-refractivity contribution is 5.50. The molecule has 0 heterocycles. The maximum absolute atomic E-state index is 11.5. The molecular weight excluding hydrogens is 442 g/mol. The molecule has 0 aliphatic rings. The third kappa shape index (κ3) is 12.5. The topological polar surface area (TPSA) is 207 Å². The molecule has 13 heteroatoms. The number of nitro groups is 3. The SMILES string of the molecule is CCCCCC(O)C(CC(O)C(CC(O)C(CCCCCC[C]=O)[N+](=O)[O-])[N+](=O)[O-])[N+](=O)[O-]. The fourth-order valence-electron chi connectivity index (χ4n) is 3.71. The first-order chi connectivity index (χ1) is 15.6. The molecule has 3 N–H and O–H groups in total. The van der Waals surface area contributed by atoms with Gasteiger partial charge >= 0.3 is 0 Å². The predicted octanol–water partition coefficient (Wildman–Crippen LogP) is 1.82. The summed E-state index contributed by atoms with van der Waals surface area (Å²) in [6.07, 6.45) is -0.159. The summed E-state index contributed by atoms with van der Waals surface area (Å²) >= 11 is 0. The van der Waals surface area contributed by atoms with E-state index in [-0.39, 0.29) is 19.3 Å². The van der Waals surface area contributed by atoms with Gasteiger partial charge in [0.25, 0.3) is 0 Å². The van der Waals surface area contributed by atoms with E-state index in [1.54, 1.807) is 6.29 Å². The zero-order valence-corrected chi connectivity index (χ0v) is 19.0. The Morgan fingerprint density at radius 3 is 1.61 bits per heavy atom. The fourth-order valence-corrected chi connectivity index (χ4v) is 3.71. The zero-order chi connectivity index (χ0) is 25.4. The Morgan fingerprint density at radius 1 is 0.667 bits per heavy atom. The van der Waals surface area contributed by atoms with Crippen molar-refractivity contribution >= 4 is 6.29 Å². The van der Waals surface area contributed by atoms with Crippen molar-refractivity contribution in [2.24, 2.45) is 0 Å². The van der Waals surface area contributed by atoms with E-state index in [2.05, 4.69) is 0 Å². The van der Waals surface area contributed by atoms with Crippen molar-refractivity contribution in [3.63, 3.8) is 0 Å². The van der Waals surface area contributed by atoms with E-state index in [4.69, 9.17) is 0 Å². The maximum atomic E-state index is 11.5. The van der Waals surface area contributed by atoms with Crippen molar-refractivity contribution in [3.05, 3.63) is 30.3 Å². The van der Waals surface area contributed by atoms with Crippen molar-refractivity contribution < 1.29 is 34.9 Å². The van der Waals surface area contributed by atoms with Crippen LogP contribution in [0.3, 0.4) is 0 Å². The molecule has 1 radical (unpaired) electrons. The van der Waals surface area contributed by atoms with Crippen LogP contribution in [0, 0.1) is 30.3 Å². The zero-order valence-electron chi connectivity index (χ0n) is 19.0. The van der Waals surface area contributed by atoms with Crippen molar-refractivity contribution in [1.29, 1.82) is 0 Å². The van der Waals surface area contributed by atoms with Crippen LogP contribution in [-0.2, 0) is 4.79 Å². The molecule has 0 spiro atoms. The number of nitrogens with zero attached hydrogens (tertiary/aromatic N) is 3. The van der Waals surface area contributed by atoms with Gasteiger partial charge in [0.2, 0.25) is 18.1 Å². The Morgan fingerprint density at radius 2 is 1.12 bits per heavy atom. The highest BCUT2D eigenvalue weighted by Gasteiger charge is 2.42. The van der Waals surface area contributed by atoms with Gasteiger partial charge in [0.15, 0.2) is 6.29 Å². The molecule has 33 heavy (non-hydrogen) atoms. The van der Waals surface area contributed by atoms with Crippen LogP contribution in [0.2, 0.25) is 0 Å². The van der Waals surface area contributed by atoms with E-state index in [9.17, 15) is 50.5 Å². The third-order valence-electron chi connectivity index (χ3n) is 5.74. The molecule has 6 unspecified atom stereocenters. The molecule has 0 aliphatic carbocycles. The van der Waals surface area contributed by atoms with Crippen LogP contribution in [0.25, 0.3) is 0 Å². The van der Waals surface area contributed by atoms with E-state index >= 15 is 0 Å². The molecule has 0 aromatic carbocycles. The number of unbranched alkanes of at least 4 members (excludes halogenated alkanes) is 6. The second-order valence-electron chi connectivity index (χ2n) is 8.32. The molecule has 0 aromatic rings. The lowest BCUT2D eigenvalue weighted by molar-refractivity contribution is -0.562. The number of aliphatic hydroxyl groups is 3. The number of carbonyl (C=O) groups excluding carboxylic acids is 1. The summed E-state index contributed by atoms with van der Waals surface area (Å²) in [4.78, 5) is 41.9. The number of hydrogen-bond acceptors (Lipinski definition) is 10. The standard InChI is InChI=1S/C20H36N3O10/c1-2-3-7-11-18(25)16(22(30)31)13-20(27)17(23(32)33)14-19(26)15(21(28)29)10-8-5-4-6-9-12-24/h15-20,25-27H,2-11,13-14H2,1H3. The minimum atomic E-state index is -1.88. The molecule has 191 valence electrons. The first-order valence-electron chi connectivity index (χ1n) is 11.4. The van der Waals surface area contributed by atoms with Crippen molar-refractivity contribution in [1.82, 2.24) is 0 Å². The molecule has 0 aliphatic heterocycles. The van der Waals surface area contributed by atoms with Gasteiger partial charge in [-0.3, -0.25) is 35.1 Å². The first kappa shape index (κ1) is 30.8. The molecule has 0 fully saturated rings. The van der Waals surface area contributed by atoms with Crippen LogP contribution in [0.15, 0.2) is 0 Å². The quantitative estimate of drug-likeness (QED) is 0.124. The summed E-state index contributed by atoms with van der Waals surface area (Å²) in [5.74, 6) is 0. The minimum absolute atomic E-state index is 0.0484. The fraction of sp³-hybridized carbons (Fsp3) is 0.950. The average Bonchev–Trinajstić information content (AvgIpc) is 2.74. The van der Waals surface area contributed by atoms with Crippen LogP contribution < -0.4 is 0 Å². The summed E-state index contributed by atoms with van der Waals surface area (Å²) in [7, 11) is 0. The van der Waals surface area contributed by atoms with Crippen LogP contribution >= 0.6 is 0 Å². The van der Waals surface area contributed by atoms with Gasteiger partial charge in [-0.1, -0.05) is 39.0 Å². The van der Waals surface area contributed by atoms with E-state index < -0.39 is 64.0 Å². The summed E-state index contributed by atoms with van der Waals surface area (Å²) in [5, 5.41) is 64.9. The Balaban J connectivity index is 5.06. The lowest BCUT2D eigenvalue weighted by Gasteiger charge is -2.23. The smallest absolute Gasteiger partial charge is 0.241 e. The van der Waals surface area contributed by atoms with Gasteiger partial charge in [-0.15, -0.1) is 0 Å². The summed E-state index contributed by atoms with van der Waals surface area (Å²) in [6, 6.07) is -4.99. The third-order valence-corrected chi connectivity index (χ3v) is 5.74. The number of aliphatic hydroxyl groups excluding tert-OH is 3. The van der Waals surface area contributed by atoms with Gasteiger partial charge in [0, 0.05) is 27.6 Å². The maximum Gasteiger partial charge on any atom is 0.241 e. The van der Waals surface area contributed by atoms with E-state index in [0.717, 1.165) is 12.8 Å². The van der Waals surface area contributed by atoms with Gasteiger partial charge in [-0.2, -0.15) is 0 Å². The van der Waals surface area contributed by atoms with E-state index in [1.165, 1.54) is 0 Å². The summed E-state index contributed by atoms with van der Waals surface area (Å²) in [5.41, 5.74) is 0. The van der Waals surface area contributed by atoms with E-state index in [0.29, 0.717) is 32.1 Å². The van der Waals surface area contributed by atoms with Crippen molar-refractivity contribution in [3.8, 4) is 0 Å². The lowest BCUT2D eigenvalue weighted by atomic mass is 9.91. The normalized spacial score (nSPS) is 16.8. The highest BCUT2D eigenvalue weighted by Crippen LogP contribution is 2.21. The molecule has 0 aromatic heterocycles.